The van der Waals surface area contributed by atoms with Gasteiger partial charge in [0, 0.05) is 25.9 Å². The van der Waals surface area contributed by atoms with Gasteiger partial charge in [-0.15, -0.1) is 0 Å². The fourth-order valence-electron chi connectivity index (χ4n) is 2.23. The minimum absolute atomic E-state index is 0.300. The summed E-state index contributed by atoms with van der Waals surface area (Å²) >= 11 is 0. The molecule has 0 heterocycles. The normalized spacial score (nSPS) is 11.5. The lowest BCUT2D eigenvalue weighted by atomic mass is 10.2. The molecule has 0 aliphatic heterocycles. The zero-order valence-corrected chi connectivity index (χ0v) is 16.8. The van der Waals surface area contributed by atoms with Crippen LogP contribution in [-0.4, -0.2) is 41.2 Å². The van der Waals surface area contributed by atoms with Crippen LogP contribution in [0.25, 0.3) is 0 Å². The maximum Gasteiger partial charge on any atom is 0.501 e. The molecule has 0 aliphatic carbocycles. The van der Waals surface area contributed by atoms with Crippen molar-refractivity contribution in [3.63, 3.8) is 0 Å². The van der Waals surface area contributed by atoms with E-state index in [4.69, 9.17) is 18.0 Å². The Balaban J connectivity index is 2.52. The first kappa shape index (κ1) is 21.8. The molecule has 0 radical (unpaired) electrons. The topological polar surface area (TPSA) is 54.0 Å². The average molecular weight is 369 g/mol. The fourth-order valence-corrected chi connectivity index (χ4v) is 5.03. The smallest absolute Gasteiger partial charge is 0.462 e. The number of ether oxygens (including phenoxy) is 1. The van der Waals surface area contributed by atoms with Crippen LogP contribution in [0, 0.1) is 0 Å². The van der Waals surface area contributed by atoms with Gasteiger partial charge in [0.2, 0.25) is 0 Å². The predicted octanol–water partition coefficient (Wildman–Crippen LogP) is 4.45. The van der Waals surface area contributed by atoms with Crippen LogP contribution in [0.2, 0.25) is 6.04 Å². The Kier molecular flexibility index (Phi) is 11.4. The summed E-state index contributed by atoms with van der Waals surface area (Å²) in [5.74, 6) is -0.300. The highest BCUT2D eigenvalue weighted by molar-refractivity contribution is 6.60. The lowest BCUT2D eigenvalue weighted by molar-refractivity contribution is 0.0446. The van der Waals surface area contributed by atoms with Gasteiger partial charge in [-0.1, -0.05) is 39.0 Å². The van der Waals surface area contributed by atoms with Crippen molar-refractivity contribution in [1.29, 1.82) is 0 Å². The van der Waals surface area contributed by atoms with E-state index < -0.39 is 8.80 Å². The third-order valence-corrected chi connectivity index (χ3v) is 6.35. The molecule has 0 saturated carbocycles. The number of rotatable bonds is 14. The molecule has 0 N–H and O–H groups in total. The lowest BCUT2D eigenvalue weighted by Crippen LogP contribution is -2.46. The second-order valence-corrected chi connectivity index (χ2v) is 8.57. The van der Waals surface area contributed by atoms with E-state index >= 15 is 0 Å². The Morgan fingerprint density at radius 3 is 1.84 bits per heavy atom. The lowest BCUT2D eigenvalue weighted by Gasteiger charge is -2.29. The van der Waals surface area contributed by atoms with Gasteiger partial charge in [0.05, 0.1) is 12.2 Å². The predicted molar refractivity (Wildman–Crippen MR) is 101 cm³/mol. The van der Waals surface area contributed by atoms with Gasteiger partial charge in [0.25, 0.3) is 0 Å². The number of esters is 1. The van der Waals surface area contributed by atoms with Crippen LogP contribution in [0.15, 0.2) is 30.3 Å². The number of benzene rings is 1. The van der Waals surface area contributed by atoms with Gasteiger partial charge >= 0.3 is 14.8 Å². The van der Waals surface area contributed by atoms with Crippen molar-refractivity contribution < 1.29 is 22.8 Å². The summed E-state index contributed by atoms with van der Waals surface area (Å²) < 4.78 is 23.4. The molecule has 0 saturated heterocycles. The van der Waals surface area contributed by atoms with Crippen molar-refractivity contribution in [2.24, 2.45) is 0 Å². The van der Waals surface area contributed by atoms with E-state index in [2.05, 4.69) is 20.8 Å². The van der Waals surface area contributed by atoms with Crippen LogP contribution < -0.4 is 0 Å². The quantitative estimate of drug-likeness (QED) is 0.276. The molecule has 1 aromatic carbocycles. The summed E-state index contributed by atoms with van der Waals surface area (Å²) in [6.45, 7) is 8.43. The molecule has 0 bridgehead atoms. The molecule has 0 fully saturated rings. The van der Waals surface area contributed by atoms with E-state index in [9.17, 15) is 4.79 Å². The highest BCUT2D eigenvalue weighted by atomic mass is 28.4. The summed E-state index contributed by atoms with van der Waals surface area (Å²) in [6.07, 6.45) is 3.43. The van der Waals surface area contributed by atoms with Gasteiger partial charge in [-0.3, -0.25) is 0 Å². The Morgan fingerprint density at radius 1 is 0.840 bits per heavy atom. The van der Waals surface area contributed by atoms with E-state index in [1.165, 1.54) is 0 Å². The number of hydrogen-bond acceptors (Lipinski definition) is 5. The molecule has 6 heteroatoms. The van der Waals surface area contributed by atoms with Crippen LogP contribution in [0.3, 0.4) is 0 Å². The van der Waals surface area contributed by atoms with Crippen LogP contribution in [0.4, 0.5) is 0 Å². The zero-order valence-electron chi connectivity index (χ0n) is 15.8. The Labute approximate surface area is 153 Å². The summed E-state index contributed by atoms with van der Waals surface area (Å²) in [6, 6.07) is 9.68. The minimum Gasteiger partial charge on any atom is -0.462 e. The molecular formula is C19H32O5Si. The van der Waals surface area contributed by atoms with Crippen molar-refractivity contribution in [2.75, 3.05) is 26.4 Å². The van der Waals surface area contributed by atoms with Gasteiger partial charge in [-0.25, -0.2) is 4.79 Å². The second-order valence-electron chi connectivity index (χ2n) is 5.83. The van der Waals surface area contributed by atoms with Gasteiger partial charge in [-0.2, -0.15) is 0 Å². The van der Waals surface area contributed by atoms with Crippen molar-refractivity contribution >= 4 is 14.8 Å². The number of carbonyl (C=O) groups is 1. The third kappa shape index (κ3) is 8.63. The molecule has 0 aliphatic rings. The van der Waals surface area contributed by atoms with Crippen molar-refractivity contribution in [1.82, 2.24) is 0 Å². The first-order valence-corrected chi connectivity index (χ1v) is 11.2. The molecule has 5 nitrogen and oxygen atoms in total. The minimum atomic E-state index is -2.70. The average Bonchev–Trinajstić information content (AvgIpc) is 2.66. The highest BCUT2D eigenvalue weighted by Gasteiger charge is 2.40. The zero-order chi connectivity index (χ0) is 18.4. The fraction of sp³-hybridized carbons (Fsp3) is 0.632. The summed E-state index contributed by atoms with van der Waals surface area (Å²) in [7, 11) is -2.70. The van der Waals surface area contributed by atoms with E-state index in [1.807, 2.05) is 18.2 Å². The van der Waals surface area contributed by atoms with E-state index in [1.54, 1.807) is 12.1 Å². The van der Waals surface area contributed by atoms with Crippen LogP contribution in [0.5, 0.6) is 0 Å². The van der Waals surface area contributed by atoms with E-state index in [0.717, 1.165) is 19.3 Å². The SMILES string of the molecule is CCCO[Si](CCCOC(=O)c1ccccc1)(OCCC)OCCC. The largest absolute Gasteiger partial charge is 0.501 e. The van der Waals surface area contributed by atoms with Crippen molar-refractivity contribution in [3.05, 3.63) is 35.9 Å². The van der Waals surface area contributed by atoms with Gasteiger partial charge in [0.1, 0.15) is 0 Å². The van der Waals surface area contributed by atoms with Crippen molar-refractivity contribution in [2.45, 2.75) is 52.5 Å². The monoisotopic (exact) mass is 368 g/mol. The Bertz CT molecular complexity index is 444. The molecular weight excluding hydrogens is 336 g/mol. The highest BCUT2D eigenvalue weighted by Crippen LogP contribution is 2.20. The van der Waals surface area contributed by atoms with Gasteiger partial charge in [0.15, 0.2) is 0 Å². The molecule has 0 atom stereocenters. The molecule has 142 valence electrons. The second kappa shape index (κ2) is 13.1. The van der Waals surface area contributed by atoms with Crippen LogP contribution in [0.1, 0.15) is 56.8 Å². The summed E-state index contributed by atoms with van der Waals surface area (Å²) in [5.41, 5.74) is 0.567. The standard InChI is InChI=1S/C19H32O5Si/c1-4-13-22-25(23-14-5-2,24-15-6-3)17-10-16-21-19(20)18-11-8-7-9-12-18/h7-9,11-12H,4-6,10,13-17H2,1-3H3. The van der Waals surface area contributed by atoms with Gasteiger partial charge < -0.3 is 18.0 Å². The number of carbonyl (C=O) groups excluding carboxylic acids is 1. The van der Waals surface area contributed by atoms with Crippen LogP contribution >= 0.6 is 0 Å². The summed E-state index contributed by atoms with van der Waals surface area (Å²) in [5, 5.41) is 0. The van der Waals surface area contributed by atoms with Crippen molar-refractivity contribution in [3.8, 4) is 0 Å². The Morgan fingerprint density at radius 2 is 1.36 bits per heavy atom. The molecule has 0 amide bonds. The molecule has 0 unspecified atom stereocenters. The molecule has 0 aromatic heterocycles. The number of hydrogen-bond donors (Lipinski definition) is 0. The first-order valence-electron chi connectivity index (χ1n) is 9.31. The molecule has 25 heavy (non-hydrogen) atoms. The molecule has 1 aromatic rings. The molecule has 0 spiro atoms. The van der Waals surface area contributed by atoms with Crippen LogP contribution in [-0.2, 0) is 18.0 Å². The Hall–Kier alpha value is -1.21. The molecule has 1 rings (SSSR count). The maximum atomic E-state index is 12.0. The maximum absolute atomic E-state index is 12.0. The first-order chi connectivity index (χ1) is 12.2. The van der Waals surface area contributed by atoms with E-state index in [-0.39, 0.29) is 5.97 Å². The van der Waals surface area contributed by atoms with E-state index in [0.29, 0.717) is 44.5 Å². The third-order valence-electron chi connectivity index (χ3n) is 3.45. The van der Waals surface area contributed by atoms with Gasteiger partial charge in [-0.05, 0) is 37.8 Å². The summed E-state index contributed by atoms with van der Waals surface area (Å²) in [4.78, 5) is 12.0.